The molecular weight excluding hydrogens is 214 g/mol. The van der Waals surface area contributed by atoms with Gasteiger partial charge in [0.05, 0.1) is 17.6 Å². The molecule has 4 heteroatoms. The van der Waals surface area contributed by atoms with Crippen LogP contribution in [0.25, 0.3) is 11.0 Å². The highest BCUT2D eigenvalue weighted by atomic mass is 16.1. The Balaban J connectivity index is 2.44. The van der Waals surface area contributed by atoms with E-state index in [4.69, 9.17) is 0 Å². The van der Waals surface area contributed by atoms with Crippen molar-refractivity contribution < 1.29 is 4.79 Å². The molecule has 0 bridgehead atoms. The number of nitrogens with one attached hydrogen (secondary N) is 1. The molecule has 0 aliphatic rings. The first kappa shape index (κ1) is 11.6. The van der Waals surface area contributed by atoms with Crippen LogP contribution in [0, 0.1) is 0 Å². The minimum absolute atomic E-state index is 0.132. The number of hydrogen-bond donors (Lipinski definition) is 1. The number of nitrogens with zero attached hydrogens (tertiary/aromatic N) is 2. The first-order chi connectivity index (χ1) is 8.22. The second kappa shape index (κ2) is 4.99. The Morgan fingerprint density at radius 2 is 2.18 bits per heavy atom. The highest BCUT2D eigenvalue weighted by Crippen LogP contribution is 2.19. The second-order valence-electron chi connectivity index (χ2n) is 4.14. The van der Waals surface area contributed by atoms with Gasteiger partial charge in [-0.25, -0.2) is 4.98 Å². The van der Waals surface area contributed by atoms with Gasteiger partial charge in [0.25, 0.3) is 0 Å². The molecule has 0 radical (unpaired) electrons. The minimum atomic E-state index is 0.132. The topological polar surface area (TPSA) is 46.9 Å². The molecular formula is C13H17N3O. The van der Waals surface area contributed by atoms with Crippen molar-refractivity contribution in [1.29, 1.82) is 0 Å². The fraction of sp³-hybridized carbons (Fsp3) is 0.385. The molecule has 1 aromatic heterocycles. The van der Waals surface area contributed by atoms with E-state index in [9.17, 15) is 4.79 Å². The van der Waals surface area contributed by atoms with Gasteiger partial charge in [0.2, 0.25) is 5.95 Å². The van der Waals surface area contributed by atoms with Gasteiger partial charge in [0, 0.05) is 6.54 Å². The fourth-order valence-corrected chi connectivity index (χ4v) is 1.83. The van der Waals surface area contributed by atoms with Crippen LogP contribution in [0.4, 0.5) is 5.95 Å². The van der Waals surface area contributed by atoms with E-state index in [1.54, 1.807) is 6.92 Å². The SMILES string of the molecule is CCCNc1nc2ccccc2n1CC(C)=O. The molecule has 0 spiro atoms. The number of fused-ring (bicyclic) bond motifs is 1. The Morgan fingerprint density at radius 1 is 1.41 bits per heavy atom. The summed E-state index contributed by atoms with van der Waals surface area (Å²) in [6.45, 7) is 4.93. The standard InChI is InChI=1S/C13H17N3O/c1-3-8-14-13-15-11-6-4-5-7-12(11)16(13)9-10(2)17/h4-7H,3,8-9H2,1-2H3,(H,14,15). The number of para-hydroxylation sites is 2. The summed E-state index contributed by atoms with van der Waals surface area (Å²) < 4.78 is 1.94. The number of carbonyl (C=O) groups excluding carboxylic acids is 1. The summed E-state index contributed by atoms with van der Waals surface area (Å²) in [5.41, 5.74) is 1.92. The molecule has 1 heterocycles. The second-order valence-corrected chi connectivity index (χ2v) is 4.14. The van der Waals surface area contributed by atoms with Crippen molar-refractivity contribution >= 4 is 22.8 Å². The molecule has 0 amide bonds. The molecule has 0 atom stereocenters. The molecule has 2 rings (SSSR count). The van der Waals surface area contributed by atoms with Crippen LogP contribution in [0.5, 0.6) is 0 Å². The van der Waals surface area contributed by atoms with Crippen molar-refractivity contribution in [3.8, 4) is 0 Å². The Kier molecular flexibility index (Phi) is 3.42. The molecule has 0 aliphatic carbocycles. The van der Waals surface area contributed by atoms with E-state index >= 15 is 0 Å². The summed E-state index contributed by atoms with van der Waals surface area (Å²) >= 11 is 0. The predicted molar refractivity (Wildman–Crippen MR) is 69.2 cm³/mol. The number of rotatable bonds is 5. The third-order valence-electron chi connectivity index (χ3n) is 2.57. The van der Waals surface area contributed by atoms with Gasteiger partial charge in [-0.15, -0.1) is 0 Å². The van der Waals surface area contributed by atoms with Gasteiger partial charge in [-0.05, 0) is 25.5 Å². The first-order valence-corrected chi connectivity index (χ1v) is 5.91. The quantitative estimate of drug-likeness (QED) is 0.859. The molecule has 0 aliphatic heterocycles. The van der Waals surface area contributed by atoms with Crippen LogP contribution < -0.4 is 5.32 Å². The van der Waals surface area contributed by atoms with Crippen molar-refractivity contribution in [2.45, 2.75) is 26.8 Å². The van der Waals surface area contributed by atoms with Gasteiger partial charge in [-0.1, -0.05) is 19.1 Å². The number of imidazole rings is 1. The molecule has 17 heavy (non-hydrogen) atoms. The van der Waals surface area contributed by atoms with Crippen LogP contribution in [-0.4, -0.2) is 21.9 Å². The average Bonchev–Trinajstić information content (AvgIpc) is 2.64. The lowest BCUT2D eigenvalue weighted by atomic mass is 10.3. The lowest BCUT2D eigenvalue weighted by Gasteiger charge is -2.08. The summed E-state index contributed by atoms with van der Waals surface area (Å²) in [7, 11) is 0. The Morgan fingerprint density at radius 3 is 2.88 bits per heavy atom. The summed E-state index contributed by atoms with van der Waals surface area (Å²) in [4.78, 5) is 15.8. The summed E-state index contributed by atoms with van der Waals surface area (Å²) in [5, 5.41) is 3.26. The zero-order chi connectivity index (χ0) is 12.3. The Labute approximate surface area is 101 Å². The number of Topliss-reactive ketones (excluding diaryl/α,β-unsaturated/α-hetero) is 1. The van der Waals surface area contributed by atoms with E-state index < -0.39 is 0 Å². The highest BCUT2D eigenvalue weighted by molar-refractivity contribution is 5.82. The number of anilines is 1. The van der Waals surface area contributed by atoms with Crippen molar-refractivity contribution in [2.24, 2.45) is 0 Å². The van der Waals surface area contributed by atoms with Gasteiger partial charge >= 0.3 is 0 Å². The van der Waals surface area contributed by atoms with E-state index in [1.807, 2.05) is 28.8 Å². The van der Waals surface area contributed by atoms with Crippen molar-refractivity contribution in [3.63, 3.8) is 0 Å². The number of benzene rings is 1. The molecule has 4 nitrogen and oxygen atoms in total. The maximum atomic E-state index is 11.3. The Hall–Kier alpha value is -1.84. The first-order valence-electron chi connectivity index (χ1n) is 5.91. The predicted octanol–water partition coefficient (Wildman–Crippen LogP) is 2.45. The van der Waals surface area contributed by atoms with Crippen LogP contribution in [-0.2, 0) is 11.3 Å². The zero-order valence-corrected chi connectivity index (χ0v) is 10.2. The largest absolute Gasteiger partial charge is 0.356 e. The van der Waals surface area contributed by atoms with Gasteiger partial charge in [0.15, 0.2) is 0 Å². The molecule has 2 aromatic rings. The molecule has 0 saturated carbocycles. The van der Waals surface area contributed by atoms with Gasteiger partial charge in [-0.2, -0.15) is 0 Å². The van der Waals surface area contributed by atoms with E-state index in [-0.39, 0.29) is 5.78 Å². The lowest BCUT2D eigenvalue weighted by molar-refractivity contribution is -0.117. The molecule has 0 unspecified atom stereocenters. The van der Waals surface area contributed by atoms with E-state index in [0.29, 0.717) is 6.54 Å². The number of hydrogen-bond acceptors (Lipinski definition) is 3. The van der Waals surface area contributed by atoms with Crippen LogP contribution >= 0.6 is 0 Å². The number of carbonyl (C=O) groups is 1. The smallest absolute Gasteiger partial charge is 0.204 e. The van der Waals surface area contributed by atoms with Gasteiger partial charge in [-0.3, -0.25) is 4.79 Å². The lowest BCUT2D eigenvalue weighted by Crippen LogP contribution is -2.12. The highest BCUT2D eigenvalue weighted by Gasteiger charge is 2.10. The maximum absolute atomic E-state index is 11.3. The monoisotopic (exact) mass is 231 g/mol. The van der Waals surface area contributed by atoms with Crippen LogP contribution in [0.3, 0.4) is 0 Å². The van der Waals surface area contributed by atoms with Crippen molar-refractivity contribution in [1.82, 2.24) is 9.55 Å². The van der Waals surface area contributed by atoms with Crippen LogP contribution in [0.1, 0.15) is 20.3 Å². The Bertz CT molecular complexity index is 530. The van der Waals surface area contributed by atoms with Gasteiger partial charge < -0.3 is 9.88 Å². The number of ketones is 1. The van der Waals surface area contributed by atoms with Crippen molar-refractivity contribution in [3.05, 3.63) is 24.3 Å². The number of aromatic nitrogens is 2. The van der Waals surface area contributed by atoms with E-state index in [2.05, 4.69) is 17.2 Å². The third kappa shape index (κ3) is 2.46. The van der Waals surface area contributed by atoms with Crippen molar-refractivity contribution in [2.75, 3.05) is 11.9 Å². The zero-order valence-electron chi connectivity index (χ0n) is 10.2. The van der Waals surface area contributed by atoms with E-state index in [1.165, 1.54) is 0 Å². The van der Waals surface area contributed by atoms with Crippen LogP contribution in [0.15, 0.2) is 24.3 Å². The third-order valence-corrected chi connectivity index (χ3v) is 2.57. The average molecular weight is 231 g/mol. The molecule has 90 valence electrons. The fourth-order valence-electron chi connectivity index (χ4n) is 1.83. The summed E-state index contributed by atoms with van der Waals surface area (Å²) in [5.74, 6) is 0.913. The van der Waals surface area contributed by atoms with Gasteiger partial charge in [0.1, 0.15) is 5.78 Å². The molecule has 1 N–H and O–H groups in total. The van der Waals surface area contributed by atoms with Crippen LogP contribution in [0.2, 0.25) is 0 Å². The minimum Gasteiger partial charge on any atom is -0.356 e. The summed E-state index contributed by atoms with van der Waals surface area (Å²) in [6, 6.07) is 7.87. The molecule has 0 fully saturated rings. The molecule has 0 saturated heterocycles. The molecule has 1 aromatic carbocycles. The maximum Gasteiger partial charge on any atom is 0.204 e. The normalized spacial score (nSPS) is 10.7. The van der Waals surface area contributed by atoms with E-state index in [0.717, 1.165) is 29.9 Å². The summed E-state index contributed by atoms with van der Waals surface area (Å²) in [6.07, 6.45) is 1.03.